The van der Waals surface area contributed by atoms with Crippen molar-refractivity contribution in [3.05, 3.63) is 28.8 Å². The van der Waals surface area contributed by atoms with Gasteiger partial charge in [0.2, 0.25) is 0 Å². The molecular formula is C16H24ClNO3. The van der Waals surface area contributed by atoms with E-state index in [9.17, 15) is 0 Å². The predicted octanol–water partition coefficient (Wildman–Crippen LogP) is 2.88. The lowest BCUT2D eigenvalue weighted by molar-refractivity contribution is 0.0496. The van der Waals surface area contributed by atoms with Crippen LogP contribution in [-0.4, -0.2) is 40.1 Å². The van der Waals surface area contributed by atoms with E-state index in [1.807, 2.05) is 18.2 Å². The van der Waals surface area contributed by atoms with E-state index in [1.165, 1.54) is 0 Å². The van der Waals surface area contributed by atoms with Crippen molar-refractivity contribution in [1.82, 2.24) is 5.32 Å². The Morgan fingerprint density at radius 1 is 1.33 bits per heavy atom. The van der Waals surface area contributed by atoms with Crippen molar-refractivity contribution in [1.29, 1.82) is 0 Å². The maximum Gasteiger partial charge on any atom is 0.123 e. The van der Waals surface area contributed by atoms with Gasteiger partial charge in [-0.1, -0.05) is 11.6 Å². The van der Waals surface area contributed by atoms with Gasteiger partial charge in [-0.05, 0) is 37.0 Å². The largest absolute Gasteiger partial charge is 0.493 e. The Hall–Kier alpha value is -0.810. The lowest BCUT2D eigenvalue weighted by Gasteiger charge is -2.23. The second kappa shape index (κ2) is 9.26. The van der Waals surface area contributed by atoms with Crippen LogP contribution in [0, 0.1) is 5.92 Å². The summed E-state index contributed by atoms with van der Waals surface area (Å²) in [6.45, 7) is 4.67. The molecule has 1 aromatic rings. The van der Waals surface area contributed by atoms with E-state index < -0.39 is 0 Å². The maximum atomic E-state index is 6.08. The zero-order chi connectivity index (χ0) is 14.9. The Kier molecular flexibility index (Phi) is 7.30. The van der Waals surface area contributed by atoms with E-state index in [-0.39, 0.29) is 0 Å². The van der Waals surface area contributed by atoms with Gasteiger partial charge in [-0.25, -0.2) is 0 Å². The monoisotopic (exact) mass is 313 g/mol. The highest BCUT2D eigenvalue weighted by Crippen LogP contribution is 2.24. The minimum absolute atomic E-state index is 0.587. The molecule has 1 aromatic carbocycles. The normalized spacial score (nSPS) is 16.1. The molecule has 0 saturated carbocycles. The SMILES string of the molecule is COCCNCc1cc(Cl)ccc1OCC1CCOCC1. The molecule has 0 spiro atoms. The minimum Gasteiger partial charge on any atom is -0.493 e. The van der Waals surface area contributed by atoms with Gasteiger partial charge in [0, 0.05) is 44.0 Å². The topological polar surface area (TPSA) is 39.7 Å². The summed E-state index contributed by atoms with van der Waals surface area (Å²) in [6.07, 6.45) is 2.16. The van der Waals surface area contributed by atoms with Crippen molar-refractivity contribution in [2.45, 2.75) is 19.4 Å². The molecule has 21 heavy (non-hydrogen) atoms. The number of rotatable bonds is 8. The lowest BCUT2D eigenvalue weighted by Crippen LogP contribution is -2.22. The maximum absolute atomic E-state index is 6.08. The van der Waals surface area contributed by atoms with Gasteiger partial charge in [-0.2, -0.15) is 0 Å². The van der Waals surface area contributed by atoms with Crippen LogP contribution in [0.2, 0.25) is 5.02 Å². The van der Waals surface area contributed by atoms with Crippen LogP contribution in [0.4, 0.5) is 0 Å². The summed E-state index contributed by atoms with van der Waals surface area (Å²) < 4.78 is 16.4. The Bertz CT molecular complexity index is 422. The van der Waals surface area contributed by atoms with Gasteiger partial charge in [0.1, 0.15) is 5.75 Å². The Morgan fingerprint density at radius 2 is 2.14 bits per heavy atom. The third-order valence-electron chi connectivity index (χ3n) is 3.64. The highest BCUT2D eigenvalue weighted by atomic mass is 35.5. The predicted molar refractivity (Wildman–Crippen MR) is 84.1 cm³/mol. The van der Waals surface area contributed by atoms with Gasteiger partial charge >= 0.3 is 0 Å². The van der Waals surface area contributed by atoms with E-state index in [4.69, 9.17) is 25.8 Å². The quantitative estimate of drug-likeness (QED) is 0.749. The van der Waals surface area contributed by atoms with Gasteiger partial charge in [0.25, 0.3) is 0 Å². The highest BCUT2D eigenvalue weighted by molar-refractivity contribution is 6.30. The molecule has 1 N–H and O–H groups in total. The number of halogens is 1. The van der Waals surface area contributed by atoms with Gasteiger partial charge in [0.15, 0.2) is 0 Å². The molecule has 118 valence electrons. The molecule has 1 saturated heterocycles. The summed E-state index contributed by atoms with van der Waals surface area (Å²) in [6, 6.07) is 5.79. The molecule has 0 aromatic heterocycles. The molecule has 1 aliphatic heterocycles. The zero-order valence-electron chi connectivity index (χ0n) is 12.6. The van der Waals surface area contributed by atoms with Crippen LogP contribution in [0.5, 0.6) is 5.75 Å². The van der Waals surface area contributed by atoms with Crippen molar-refractivity contribution in [3.63, 3.8) is 0 Å². The fourth-order valence-corrected chi connectivity index (χ4v) is 2.54. The standard InChI is InChI=1S/C16H24ClNO3/c1-19-9-6-18-11-14-10-15(17)2-3-16(14)21-12-13-4-7-20-8-5-13/h2-3,10,13,18H,4-9,11-12H2,1H3. The molecule has 1 heterocycles. The molecule has 4 nitrogen and oxygen atoms in total. The van der Waals surface area contributed by atoms with Gasteiger partial charge in [0.05, 0.1) is 13.2 Å². The molecule has 5 heteroatoms. The second-order valence-corrected chi connectivity index (χ2v) is 5.72. The summed E-state index contributed by atoms with van der Waals surface area (Å²) in [5.74, 6) is 1.50. The zero-order valence-corrected chi connectivity index (χ0v) is 13.3. The average Bonchev–Trinajstić information content (AvgIpc) is 2.52. The van der Waals surface area contributed by atoms with Crippen LogP contribution in [-0.2, 0) is 16.0 Å². The summed E-state index contributed by atoms with van der Waals surface area (Å²) in [4.78, 5) is 0. The first-order valence-corrected chi connectivity index (χ1v) is 7.86. The summed E-state index contributed by atoms with van der Waals surface area (Å²) in [5.41, 5.74) is 1.09. The molecular weight excluding hydrogens is 290 g/mol. The molecule has 0 aliphatic carbocycles. The van der Waals surface area contributed by atoms with Crippen molar-refractivity contribution >= 4 is 11.6 Å². The van der Waals surface area contributed by atoms with E-state index in [2.05, 4.69) is 5.32 Å². The van der Waals surface area contributed by atoms with E-state index in [1.54, 1.807) is 7.11 Å². The van der Waals surface area contributed by atoms with Gasteiger partial charge in [-0.15, -0.1) is 0 Å². The molecule has 1 aliphatic rings. The fourth-order valence-electron chi connectivity index (χ4n) is 2.34. The molecule has 0 amide bonds. The minimum atomic E-state index is 0.587. The van der Waals surface area contributed by atoms with Crippen molar-refractivity contribution in [2.24, 2.45) is 5.92 Å². The number of hydrogen-bond acceptors (Lipinski definition) is 4. The van der Waals surface area contributed by atoms with Crippen LogP contribution >= 0.6 is 11.6 Å². The first-order chi connectivity index (χ1) is 10.3. The van der Waals surface area contributed by atoms with E-state index in [0.717, 1.165) is 62.1 Å². The Morgan fingerprint density at radius 3 is 2.90 bits per heavy atom. The molecule has 0 unspecified atom stereocenters. The molecule has 2 rings (SSSR count). The van der Waals surface area contributed by atoms with Gasteiger partial charge in [-0.3, -0.25) is 0 Å². The number of methoxy groups -OCH3 is 1. The van der Waals surface area contributed by atoms with Crippen LogP contribution in [0.15, 0.2) is 18.2 Å². The summed E-state index contributed by atoms with van der Waals surface area (Å²) in [5, 5.41) is 4.06. The Balaban J connectivity index is 1.87. The molecule has 0 atom stereocenters. The lowest BCUT2D eigenvalue weighted by atomic mass is 10.0. The van der Waals surface area contributed by atoms with Crippen LogP contribution < -0.4 is 10.1 Å². The van der Waals surface area contributed by atoms with Gasteiger partial charge < -0.3 is 19.5 Å². The summed E-state index contributed by atoms with van der Waals surface area (Å²) >= 11 is 6.08. The third-order valence-corrected chi connectivity index (χ3v) is 3.87. The van der Waals surface area contributed by atoms with Crippen molar-refractivity contribution in [3.8, 4) is 5.75 Å². The van der Waals surface area contributed by atoms with Crippen molar-refractivity contribution in [2.75, 3.05) is 40.1 Å². The Labute approximate surface area is 131 Å². The second-order valence-electron chi connectivity index (χ2n) is 5.29. The number of ether oxygens (including phenoxy) is 3. The number of benzene rings is 1. The fraction of sp³-hybridized carbons (Fsp3) is 0.625. The molecule has 1 fully saturated rings. The molecule has 0 bridgehead atoms. The first-order valence-electron chi connectivity index (χ1n) is 7.48. The number of nitrogens with one attached hydrogen (secondary N) is 1. The summed E-state index contributed by atoms with van der Waals surface area (Å²) in [7, 11) is 1.70. The smallest absolute Gasteiger partial charge is 0.123 e. The number of hydrogen-bond donors (Lipinski definition) is 1. The van der Waals surface area contributed by atoms with Crippen molar-refractivity contribution < 1.29 is 14.2 Å². The van der Waals surface area contributed by atoms with Crippen LogP contribution in [0.25, 0.3) is 0 Å². The average molecular weight is 314 g/mol. The van der Waals surface area contributed by atoms with E-state index >= 15 is 0 Å². The van der Waals surface area contributed by atoms with Crippen LogP contribution in [0.3, 0.4) is 0 Å². The first kappa shape index (κ1) is 16.6. The third kappa shape index (κ3) is 5.83. The van der Waals surface area contributed by atoms with E-state index in [0.29, 0.717) is 12.5 Å². The molecule has 0 radical (unpaired) electrons. The van der Waals surface area contributed by atoms with Crippen LogP contribution in [0.1, 0.15) is 18.4 Å². The highest BCUT2D eigenvalue weighted by Gasteiger charge is 2.15.